The quantitative estimate of drug-likeness (QED) is 0.0306. The number of aryl methyl sites for hydroxylation is 1. The minimum Gasteiger partial charge on any atom is -0.478 e. The molecule has 0 spiro atoms. The van der Waals surface area contributed by atoms with Crippen molar-refractivity contribution in [3.63, 3.8) is 0 Å². The Morgan fingerprint density at radius 1 is 0.349 bits per heavy atom. The summed E-state index contributed by atoms with van der Waals surface area (Å²) in [6.07, 6.45) is 42.5. The third-order valence-electron chi connectivity index (χ3n) is 24.8. The van der Waals surface area contributed by atoms with Crippen molar-refractivity contribution in [2.75, 3.05) is 26.6 Å². The number of imidazole rings is 5. The normalized spacial score (nSPS) is 18.0. The van der Waals surface area contributed by atoms with Gasteiger partial charge < -0.3 is 31.7 Å². The summed E-state index contributed by atoms with van der Waals surface area (Å²) in [5.41, 5.74) is 13.7. The minimum atomic E-state index is -1.04. The number of aromatic carboxylic acids is 1. The Morgan fingerprint density at radius 2 is 0.678 bits per heavy atom. The Kier molecular flexibility index (Phi) is 22.0. The zero-order valence-electron chi connectivity index (χ0n) is 76.7. The highest BCUT2D eigenvalue weighted by atomic mass is 16.4. The van der Waals surface area contributed by atoms with Crippen molar-refractivity contribution >= 4 is 186 Å². The topological polar surface area (TPSA) is 620 Å². The number of nitrogens with one attached hydrogen (secondary N) is 10. The van der Waals surface area contributed by atoms with E-state index in [-0.39, 0.29) is 96.9 Å². The number of fused-ring (bicyclic) bond motifs is 8. The van der Waals surface area contributed by atoms with Gasteiger partial charge in [-0.3, -0.25) is 97.4 Å². The highest BCUT2D eigenvalue weighted by Gasteiger charge is 2.35. The molecule has 0 unspecified atom stereocenters. The van der Waals surface area contributed by atoms with Crippen LogP contribution in [0.25, 0.3) is 121 Å². The number of rotatable bonds is 21. The summed E-state index contributed by atoms with van der Waals surface area (Å²) in [7, 11) is 0. The number of imide groups is 5. The maximum Gasteiger partial charge on any atom is 0.335 e. The highest BCUT2D eigenvalue weighted by Crippen LogP contribution is 2.36. The third kappa shape index (κ3) is 18.2. The maximum absolute atomic E-state index is 12.0. The number of para-hydroxylation sites is 2. The molecule has 51 heteroatoms. The summed E-state index contributed by atoms with van der Waals surface area (Å²) < 4.78 is 17.0. The van der Waals surface area contributed by atoms with E-state index in [0.717, 1.165) is 97.7 Å². The van der Waals surface area contributed by atoms with Crippen LogP contribution >= 0.6 is 0 Å². The first-order valence-electron chi connectivity index (χ1n) is 46.5. The lowest BCUT2D eigenvalue weighted by molar-refractivity contribution is -0.125. The van der Waals surface area contributed by atoms with Crippen molar-refractivity contribution in [1.82, 2.24) is 167 Å². The fourth-order valence-electron chi connectivity index (χ4n) is 16.7. The third-order valence-corrected chi connectivity index (χ3v) is 24.8. The zero-order chi connectivity index (χ0) is 99.4. The number of benzene rings is 3. The number of carbonyl (C=O) groups excluding carboxylic acids is 10. The molecule has 146 heavy (non-hydrogen) atoms. The standard InChI is InChI=1S/C21H16N8O4.C21H18N8O2.C20H16N8O2.C17H15N7O2.C16H14N8O2/c30-16-7-11(18(31)25-16)5-12-8-23-29-17(12)26-20(27-21(29)24-13-2-3-13)28-9-22-14-6-10(19(32)33)1-4-15(14)28;1-11-2-5-16-15(6-11)22-10-28(16)20-26-18-13(7-12-8-17(30)25-19(12)31)9-23-29(18)21(27-20)24-14-3-4-14;29-16-8-11(18(30)24-16)7-12-9-22-28-17(12)25-19(26-20(28)23-13-5-6-13)27-10-21-14-3-1-2-4-15(14)27;25-15-6-10(17(26)22-15)5-11-8-19-24-14(20-12-1-2-12)7-13(21-16(11)24)23-4-3-18-9-23;25-12-6-9(14(26)20-12)5-10-7-18-24-13(10)21-15(23-4-3-17-8-23)22-16(24)19-11-1-2-11/h1,4-6,8-9,13H,2-3,7H2,(H,32,33)(H,24,26,27)(H,25,30,31);2,5-7,9-10,14H,3-4,8H2,1H3,(H,24,26,27)(H,25,30,31);1-4,7,9-10,13H,5-6,8H2,(H,23,25,26)(H,24,29,30);3-5,7-9,12,20H,1-2,6H2,(H,22,25,26);3-5,7-8,11H,1-2,6H2,(H,19,21,22)(H,20,25,26)/b11-5+;12-7+;11-7+;10-5+;9-5+. The van der Waals surface area contributed by atoms with Crippen LogP contribution in [0, 0.1) is 6.92 Å². The van der Waals surface area contributed by atoms with E-state index < -0.39 is 11.9 Å². The minimum absolute atomic E-state index is 0.000631. The number of carboxylic acids is 1. The van der Waals surface area contributed by atoms with Crippen molar-refractivity contribution in [2.24, 2.45) is 0 Å². The van der Waals surface area contributed by atoms with Gasteiger partial charge in [0.05, 0.1) is 102 Å². The molecule has 5 saturated carbocycles. The smallest absolute Gasteiger partial charge is 0.335 e. The van der Waals surface area contributed by atoms with E-state index in [2.05, 4.69) is 129 Å². The first kappa shape index (κ1) is 88.8. The van der Waals surface area contributed by atoms with Crippen LogP contribution in [-0.2, 0) is 47.9 Å². The number of carboxylic acid groups (broad SMARTS) is 1. The van der Waals surface area contributed by atoms with Gasteiger partial charge in [-0.05, 0) is 150 Å². The Hall–Kier alpha value is -19.8. The van der Waals surface area contributed by atoms with Gasteiger partial charge in [-0.1, -0.05) is 18.2 Å². The fourth-order valence-corrected chi connectivity index (χ4v) is 16.7. The predicted molar refractivity (Wildman–Crippen MR) is 518 cm³/mol. The molecular weight excluding hydrogens is 1880 g/mol. The number of hydrogen-bond acceptors (Lipinski definition) is 35. The van der Waals surface area contributed by atoms with E-state index in [9.17, 15) is 57.8 Å². The van der Waals surface area contributed by atoms with Gasteiger partial charge in [-0.2, -0.15) is 87.9 Å². The van der Waals surface area contributed by atoms with E-state index in [1.54, 1.807) is 143 Å². The van der Waals surface area contributed by atoms with Crippen LogP contribution in [0.2, 0.25) is 0 Å². The summed E-state index contributed by atoms with van der Waals surface area (Å²) in [4.78, 5) is 192. The summed E-state index contributed by atoms with van der Waals surface area (Å²) in [5.74, 6) is 0.878. The molecular formula is C95H79N39O12. The van der Waals surface area contributed by atoms with Gasteiger partial charge in [0.15, 0.2) is 28.2 Å². The molecule has 5 aliphatic carbocycles. The molecule has 11 N–H and O–H groups in total. The summed E-state index contributed by atoms with van der Waals surface area (Å²) in [5, 5.41) is 59.6. The largest absolute Gasteiger partial charge is 0.478 e. The van der Waals surface area contributed by atoms with Crippen molar-refractivity contribution in [1.29, 1.82) is 0 Å². The molecule has 726 valence electrons. The number of nitrogens with zero attached hydrogens (tertiary/aromatic N) is 29. The van der Waals surface area contributed by atoms with Gasteiger partial charge in [-0.25, -0.2) is 34.7 Å². The molecule has 20 heterocycles. The Bertz CT molecular complexity index is 8600. The van der Waals surface area contributed by atoms with Crippen molar-refractivity contribution in [3.8, 4) is 29.6 Å². The number of hydrogen-bond donors (Lipinski definition) is 11. The van der Waals surface area contributed by atoms with E-state index in [1.807, 2.05) is 75.4 Å². The van der Waals surface area contributed by atoms with Crippen LogP contribution in [0.4, 0.5) is 29.6 Å². The molecule has 5 aliphatic heterocycles. The molecule has 0 radical (unpaired) electrons. The first-order valence-corrected chi connectivity index (χ1v) is 46.5. The molecule has 0 bridgehead atoms. The molecule has 28 rings (SSSR count). The van der Waals surface area contributed by atoms with Gasteiger partial charge in [0, 0.05) is 117 Å². The Labute approximate surface area is 818 Å². The van der Waals surface area contributed by atoms with Crippen LogP contribution in [0.5, 0.6) is 0 Å². The molecule has 5 saturated heterocycles. The lowest BCUT2D eigenvalue weighted by Gasteiger charge is -2.10. The molecule has 18 aromatic rings. The molecule has 0 atom stereocenters. The average molecular weight is 1960 g/mol. The molecule has 51 nitrogen and oxygen atoms in total. The van der Waals surface area contributed by atoms with Crippen LogP contribution < -0.4 is 53.2 Å². The zero-order valence-corrected chi connectivity index (χ0v) is 76.7. The van der Waals surface area contributed by atoms with E-state index in [4.69, 9.17) is 19.9 Å². The number of carbonyl (C=O) groups is 11. The fraction of sp³-hybridized carbons (Fsp3) is 0.221. The maximum atomic E-state index is 12.0. The lowest BCUT2D eigenvalue weighted by atomic mass is 10.1. The first-order chi connectivity index (χ1) is 71.0. The van der Waals surface area contributed by atoms with Gasteiger partial charge in [0.25, 0.3) is 29.5 Å². The summed E-state index contributed by atoms with van der Waals surface area (Å²) in [6.45, 7) is 2.02. The van der Waals surface area contributed by atoms with Gasteiger partial charge in [0.1, 0.15) is 43.3 Å². The van der Waals surface area contributed by atoms with Crippen molar-refractivity contribution < 1.29 is 57.8 Å². The van der Waals surface area contributed by atoms with Crippen LogP contribution in [0.3, 0.4) is 0 Å². The molecule has 10 aliphatic rings. The van der Waals surface area contributed by atoms with Crippen molar-refractivity contribution in [3.05, 3.63) is 221 Å². The Morgan fingerprint density at radius 3 is 1.04 bits per heavy atom. The lowest BCUT2D eigenvalue weighted by Crippen LogP contribution is -2.19. The van der Waals surface area contributed by atoms with Crippen LogP contribution in [0.15, 0.2) is 182 Å². The number of aromatic nitrogens is 29. The molecule has 3 aromatic carbocycles. The predicted octanol–water partition coefficient (Wildman–Crippen LogP) is 5.64. The summed E-state index contributed by atoms with van der Waals surface area (Å²) >= 11 is 0. The summed E-state index contributed by atoms with van der Waals surface area (Å²) in [6, 6.07) is 22.2. The second-order valence-corrected chi connectivity index (χ2v) is 36.0. The van der Waals surface area contributed by atoms with Gasteiger partial charge >= 0.3 is 5.97 Å². The average Bonchev–Trinajstić information content (AvgIpc) is 1.62. The monoisotopic (exact) mass is 1960 g/mol. The van der Waals surface area contributed by atoms with E-state index >= 15 is 0 Å². The second kappa shape index (κ2) is 36.1. The van der Waals surface area contributed by atoms with Crippen LogP contribution in [0.1, 0.15) is 140 Å². The van der Waals surface area contributed by atoms with Crippen molar-refractivity contribution in [2.45, 2.75) is 133 Å². The SMILES string of the molecule is Cc1ccc2c(c1)ncn2-c1nc(NC2CC2)n2ncc(/C=C3\CC(=O)NC3=O)c2n1.O=C1C/C(=C\c2cnn3c(NC4CC4)cc(-n4ccnc4)nc23)C(=O)N1.O=C1C/C(=C\c2cnn3c(NC4CC4)nc(-n4ccnc4)nc23)C(=O)N1.O=C1C/C(=C\c2cnn3c(NC4CC4)nc(-n4cnc5cc(C(=O)O)ccc54)nc23)C(=O)N1.O=C1C/C(=C\c2cnn3c(NC4CC4)nc(-n4cnc5ccccc54)nc23)C(=O)N1. The van der Waals surface area contributed by atoms with Gasteiger partial charge in [0.2, 0.25) is 77.1 Å². The highest BCUT2D eigenvalue weighted by molar-refractivity contribution is 6.19. The Balaban J connectivity index is 0.0000000981. The number of amides is 10. The van der Waals surface area contributed by atoms with E-state index in [0.29, 0.717) is 173 Å². The number of anilines is 5. The van der Waals surface area contributed by atoms with E-state index in [1.165, 1.54) is 18.5 Å². The molecule has 10 fully saturated rings. The molecule has 15 aromatic heterocycles. The van der Waals surface area contributed by atoms with Gasteiger partial charge in [-0.15, -0.1) is 0 Å². The molecule has 10 amide bonds. The van der Waals surface area contributed by atoms with Crippen LogP contribution in [-0.4, -0.2) is 241 Å². The second-order valence-electron chi connectivity index (χ2n) is 36.0.